The van der Waals surface area contributed by atoms with Crippen LogP contribution in [0.5, 0.6) is 11.5 Å². The molecule has 0 aliphatic heterocycles. The highest BCUT2D eigenvalue weighted by Gasteiger charge is 1.99. The first-order valence-corrected chi connectivity index (χ1v) is 5.92. The summed E-state index contributed by atoms with van der Waals surface area (Å²) in [5.74, 6) is 1.78. The van der Waals surface area contributed by atoms with Crippen LogP contribution in [0.4, 0.5) is 0 Å². The molecule has 0 spiro atoms. The number of hydrogen-bond donors (Lipinski definition) is 0. The second-order valence-electron chi connectivity index (χ2n) is 4.03. The van der Waals surface area contributed by atoms with Crippen molar-refractivity contribution in [2.45, 2.75) is 6.42 Å². The lowest BCUT2D eigenvalue weighted by Gasteiger charge is -2.05. The third-order valence-electron chi connectivity index (χ3n) is 2.82. The first kappa shape index (κ1) is 12.5. The Hall–Kier alpha value is -1.96. The van der Waals surface area contributed by atoms with Gasteiger partial charge in [-0.25, -0.2) is 0 Å². The Morgan fingerprint density at radius 1 is 0.889 bits per heavy atom. The van der Waals surface area contributed by atoms with Gasteiger partial charge in [0.15, 0.2) is 0 Å². The summed E-state index contributed by atoms with van der Waals surface area (Å²) in [7, 11) is 3.36. The average Bonchev–Trinajstić information content (AvgIpc) is 2.46. The average molecular weight is 241 g/mol. The van der Waals surface area contributed by atoms with Crippen molar-refractivity contribution in [2.75, 3.05) is 14.2 Å². The molecule has 1 radical (unpaired) electrons. The van der Waals surface area contributed by atoms with Gasteiger partial charge in [-0.1, -0.05) is 24.3 Å². The molecule has 0 atom stereocenters. The Morgan fingerprint density at radius 3 is 2.28 bits per heavy atom. The standard InChI is InChI=1S/C16H17O2/c1-17-15-10-8-13(9-11-15)6-7-14-4-3-5-16(12-14)18-2/h3-6,8-12H,7H2,1-2H3. The van der Waals surface area contributed by atoms with Crippen LogP contribution in [0.15, 0.2) is 48.5 Å². The van der Waals surface area contributed by atoms with Crippen LogP contribution in [0.2, 0.25) is 0 Å². The Balaban J connectivity index is 1.97. The molecule has 18 heavy (non-hydrogen) atoms. The Kier molecular flexibility index (Phi) is 4.24. The van der Waals surface area contributed by atoms with Crippen LogP contribution in [0.25, 0.3) is 0 Å². The van der Waals surface area contributed by atoms with Crippen LogP contribution < -0.4 is 9.47 Å². The van der Waals surface area contributed by atoms with E-state index in [2.05, 4.69) is 30.7 Å². The van der Waals surface area contributed by atoms with Crippen LogP contribution >= 0.6 is 0 Å². The van der Waals surface area contributed by atoms with Crippen LogP contribution in [0.3, 0.4) is 0 Å². The molecule has 0 aliphatic rings. The molecule has 93 valence electrons. The monoisotopic (exact) mass is 241 g/mol. The lowest BCUT2D eigenvalue weighted by molar-refractivity contribution is 0.414. The van der Waals surface area contributed by atoms with E-state index in [4.69, 9.17) is 9.47 Å². The van der Waals surface area contributed by atoms with E-state index in [9.17, 15) is 0 Å². The van der Waals surface area contributed by atoms with Gasteiger partial charge >= 0.3 is 0 Å². The van der Waals surface area contributed by atoms with E-state index in [-0.39, 0.29) is 0 Å². The van der Waals surface area contributed by atoms with E-state index >= 15 is 0 Å². The van der Waals surface area contributed by atoms with Crippen LogP contribution in [0.1, 0.15) is 11.1 Å². The number of ether oxygens (including phenoxy) is 2. The van der Waals surface area contributed by atoms with Gasteiger partial charge in [0.05, 0.1) is 14.2 Å². The van der Waals surface area contributed by atoms with Gasteiger partial charge in [-0.05, 0) is 48.2 Å². The summed E-state index contributed by atoms with van der Waals surface area (Å²) in [4.78, 5) is 0. The molecular formula is C16H17O2. The molecule has 0 aliphatic carbocycles. The largest absolute Gasteiger partial charge is 0.497 e. The second-order valence-corrected chi connectivity index (χ2v) is 4.03. The highest BCUT2D eigenvalue weighted by Crippen LogP contribution is 2.17. The Labute approximate surface area is 108 Å². The summed E-state index contributed by atoms with van der Waals surface area (Å²) in [6.07, 6.45) is 3.08. The van der Waals surface area contributed by atoms with Gasteiger partial charge in [0.2, 0.25) is 0 Å². The molecule has 0 unspecified atom stereocenters. The molecule has 0 aromatic heterocycles. The summed E-state index contributed by atoms with van der Waals surface area (Å²) in [5, 5.41) is 0. The van der Waals surface area contributed by atoms with Crippen molar-refractivity contribution in [3.05, 3.63) is 66.1 Å². The molecule has 0 heterocycles. The fourth-order valence-electron chi connectivity index (χ4n) is 1.78. The van der Waals surface area contributed by atoms with Crippen molar-refractivity contribution in [3.63, 3.8) is 0 Å². The van der Waals surface area contributed by atoms with Gasteiger partial charge in [-0.2, -0.15) is 0 Å². The van der Waals surface area contributed by atoms with Gasteiger partial charge in [0.1, 0.15) is 11.5 Å². The minimum atomic E-state index is 0.883. The summed E-state index contributed by atoms with van der Waals surface area (Å²) < 4.78 is 10.3. The Morgan fingerprint density at radius 2 is 1.61 bits per heavy atom. The summed E-state index contributed by atoms with van der Waals surface area (Å²) in [5.41, 5.74) is 2.43. The van der Waals surface area contributed by atoms with Crippen molar-refractivity contribution in [1.82, 2.24) is 0 Å². The van der Waals surface area contributed by atoms with Crippen LogP contribution in [-0.4, -0.2) is 14.2 Å². The van der Waals surface area contributed by atoms with Gasteiger partial charge in [0, 0.05) is 0 Å². The third kappa shape index (κ3) is 3.27. The number of hydrogen-bond acceptors (Lipinski definition) is 2. The normalized spacial score (nSPS) is 10.1. The lowest BCUT2D eigenvalue weighted by atomic mass is 10.0. The topological polar surface area (TPSA) is 18.5 Å². The molecule has 2 nitrogen and oxygen atoms in total. The number of rotatable bonds is 5. The zero-order valence-electron chi connectivity index (χ0n) is 10.7. The maximum Gasteiger partial charge on any atom is 0.119 e. The molecule has 0 saturated carbocycles. The molecule has 0 bridgehead atoms. The molecule has 2 aromatic carbocycles. The lowest BCUT2D eigenvalue weighted by Crippen LogP contribution is -1.90. The quantitative estimate of drug-likeness (QED) is 0.797. The highest BCUT2D eigenvalue weighted by molar-refractivity contribution is 5.34. The molecule has 2 aromatic rings. The first-order chi connectivity index (χ1) is 8.81. The van der Waals surface area contributed by atoms with Crippen molar-refractivity contribution in [2.24, 2.45) is 0 Å². The molecule has 0 fully saturated rings. The van der Waals surface area contributed by atoms with E-state index in [1.807, 2.05) is 24.3 Å². The van der Waals surface area contributed by atoms with Crippen molar-refractivity contribution < 1.29 is 9.47 Å². The minimum absolute atomic E-state index is 0.883. The second kappa shape index (κ2) is 6.10. The predicted molar refractivity (Wildman–Crippen MR) is 73.1 cm³/mol. The molecule has 0 saturated heterocycles. The maximum atomic E-state index is 5.21. The van der Waals surface area contributed by atoms with E-state index < -0.39 is 0 Å². The van der Waals surface area contributed by atoms with Gasteiger partial charge in [-0.3, -0.25) is 0 Å². The molecule has 0 amide bonds. The van der Waals surface area contributed by atoms with Crippen molar-refractivity contribution >= 4 is 0 Å². The smallest absolute Gasteiger partial charge is 0.119 e. The highest BCUT2D eigenvalue weighted by atomic mass is 16.5. The van der Waals surface area contributed by atoms with E-state index in [0.29, 0.717) is 0 Å². The summed E-state index contributed by atoms with van der Waals surface area (Å²) in [6, 6.07) is 16.2. The van der Waals surface area contributed by atoms with Crippen LogP contribution in [0, 0.1) is 6.42 Å². The minimum Gasteiger partial charge on any atom is -0.497 e. The molecular weight excluding hydrogens is 224 g/mol. The maximum absolute atomic E-state index is 5.21. The van der Waals surface area contributed by atoms with E-state index in [1.54, 1.807) is 14.2 Å². The van der Waals surface area contributed by atoms with Gasteiger partial charge in [-0.15, -0.1) is 0 Å². The zero-order valence-corrected chi connectivity index (χ0v) is 10.7. The molecule has 2 heteroatoms. The Bertz CT molecular complexity index is 489. The fraction of sp³-hybridized carbons (Fsp3) is 0.188. The molecule has 0 N–H and O–H groups in total. The molecule has 2 rings (SSSR count). The summed E-state index contributed by atoms with van der Waals surface area (Å²) >= 11 is 0. The van der Waals surface area contributed by atoms with Gasteiger partial charge in [0.25, 0.3) is 0 Å². The van der Waals surface area contributed by atoms with Crippen molar-refractivity contribution in [1.29, 1.82) is 0 Å². The number of methoxy groups -OCH3 is 2. The van der Waals surface area contributed by atoms with Gasteiger partial charge < -0.3 is 9.47 Å². The summed E-state index contributed by atoms with van der Waals surface area (Å²) in [6.45, 7) is 0. The zero-order chi connectivity index (χ0) is 12.8. The fourth-order valence-corrected chi connectivity index (χ4v) is 1.78. The number of benzene rings is 2. The SMILES string of the molecule is COc1ccc([CH]Cc2cccc(OC)c2)cc1. The predicted octanol–water partition coefficient (Wildman–Crippen LogP) is 3.50. The first-order valence-electron chi connectivity index (χ1n) is 5.92. The van der Waals surface area contributed by atoms with E-state index in [0.717, 1.165) is 17.9 Å². The third-order valence-corrected chi connectivity index (χ3v) is 2.82. The van der Waals surface area contributed by atoms with Crippen molar-refractivity contribution in [3.8, 4) is 11.5 Å². The van der Waals surface area contributed by atoms with E-state index in [1.165, 1.54) is 11.1 Å². The van der Waals surface area contributed by atoms with Crippen LogP contribution in [-0.2, 0) is 6.42 Å².